The van der Waals surface area contributed by atoms with Crippen molar-refractivity contribution < 1.29 is 0 Å². The first kappa shape index (κ1) is 16.0. The molecule has 0 heterocycles. The Morgan fingerprint density at radius 1 is 1.06 bits per heavy atom. The van der Waals surface area contributed by atoms with Crippen molar-refractivity contribution in [3.8, 4) is 0 Å². The number of rotatable bonds is 8. The van der Waals surface area contributed by atoms with Crippen LogP contribution in [0, 0.1) is 5.92 Å². The van der Waals surface area contributed by atoms with Gasteiger partial charge in [0.1, 0.15) is 0 Å². The number of likely N-dealkylation sites (N-methyl/N-ethyl adjacent to an activating group) is 1. The lowest BCUT2D eigenvalue weighted by atomic mass is 9.78. The molecule has 2 N–H and O–H groups in total. The Balaban J connectivity index is 2.74. The monoisotopic (exact) mass is 254 g/mol. The van der Waals surface area contributed by atoms with E-state index in [0.717, 1.165) is 19.0 Å². The van der Waals surface area contributed by atoms with Crippen LogP contribution in [0.25, 0.3) is 0 Å². The lowest BCUT2D eigenvalue weighted by Crippen LogP contribution is -2.59. The van der Waals surface area contributed by atoms with E-state index < -0.39 is 0 Å². The summed E-state index contributed by atoms with van der Waals surface area (Å²) in [7, 11) is 0. The zero-order chi connectivity index (χ0) is 13.6. The predicted octanol–water partition coefficient (Wildman–Crippen LogP) is 3.79. The summed E-state index contributed by atoms with van der Waals surface area (Å²) in [6.45, 7) is 11.4. The molecular weight excluding hydrogens is 220 g/mol. The van der Waals surface area contributed by atoms with E-state index in [2.05, 4.69) is 32.6 Å². The highest BCUT2D eigenvalue weighted by Crippen LogP contribution is 2.35. The van der Waals surface area contributed by atoms with Crippen LogP contribution in [0.1, 0.15) is 72.6 Å². The summed E-state index contributed by atoms with van der Waals surface area (Å²) in [5.41, 5.74) is 6.89. The standard InChI is InChI=1S/C16H34N2/c1-5-16(6-2,18(7-3)8-4)15(17)13-14-11-9-10-12-14/h14-15H,5-13,17H2,1-4H3. The second-order valence-electron chi connectivity index (χ2n) is 5.98. The highest BCUT2D eigenvalue weighted by atomic mass is 15.2. The van der Waals surface area contributed by atoms with E-state index in [4.69, 9.17) is 5.73 Å². The SMILES string of the molecule is CCN(CC)C(CC)(CC)C(N)CC1CCCC1. The third-order valence-electron chi connectivity index (χ3n) is 5.37. The van der Waals surface area contributed by atoms with Gasteiger partial charge in [-0.1, -0.05) is 53.4 Å². The molecule has 0 aromatic carbocycles. The van der Waals surface area contributed by atoms with E-state index in [1.165, 1.54) is 44.9 Å². The molecule has 1 aliphatic rings. The lowest BCUT2D eigenvalue weighted by molar-refractivity contribution is 0.0545. The van der Waals surface area contributed by atoms with Crippen LogP contribution >= 0.6 is 0 Å². The second-order valence-corrected chi connectivity index (χ2v) is 5.98. The number of nitrogens with two attached hydrogens (primary N) is 1. The minimum Gasteiger partial charge on any atom is -0.326 e. The molecule has 0 aromatic heterocycles. The van der Waals surface area contributed by atoms with E-state index >= 15 is 0 Å². The van der Waals surface area contributed by atoms with E-state index in [-0.39, 0.29) is 5.54 Å². The quantitative estimate of drug-likeness (QED) is 0.714. The van der Waals surface area contributed by atoms with Gasteiger partial charge in [-0.2, -0.15) is 0 Å². The number of hydrogen-bond acceptors (Lipinski definition) is 2. The maximum atomic E-state index is 6.66. The molecule has 1 fully saturated rings. The molecule has 0 aromatic rings. The van der Waals surface area contributed by atoms with Gasteiger partial charge in [-0.25, -0.2) is 0 Å². The summed E-state index contributed by atoms with van der Waals surface area (Å²) in [4.78, 5) is 2.60. The van der Waals surface area contributed by atoms with Crippen molar-refractivity contribution in [3.05, 3.63) is 0 Å². The van der Waals surface area contributed by atoms with Gasteiger partial charge in [0.05, 0.1) is 0 Å². The second kappa shape index (κ2) is 7.49. The molecular formula is C16H34N2. The van der Waals surface area contributed by atoms with Gasteiger partial charge in [0.2, 0.25) is 0 Å². The Morgan fingerprint density at radius 3 is 1.94 bits per heavy atom. The van der Waals surface area contributed by atoms with Crippen molar-refractivity contribution in [2.75, 3.05) is 13.1 Å². The molecule has 0 saturated heterocycles. The van der Waals surface area contributed by atoms with E-state index in [1.807, 2.05) is 0 Å². The van der Waals surface area contributed by atoms with Gasteiger partial charge in [0, 0.05) is 11.6 Å². The van der Waals surface area contributed by atoms with Crippen LogP contribution in [0.2, 0.25) is 0 Å². The first-order chi connectivity index (χ1) is 8.64. The first-order valence-corrected chi connectivity index (χ1v) is 8.15. The van der Waals surface area contributed by atoms with Gasteiger partial charge < -0.3 is 5.73 Å². The highest BCUT2D eigenvalue weighted by molar-refractivity contribution is 4.98. The fourth-order valence-corrected chi connectivity index (χ4v) is 4.13. The highest BCUT2D eigenvalue weighted by Gasteiger charge is 2.38. The summed E-state index contributed by atoms with van der Waals surface area (Å²) in [6, 6.07) is 0.343. The summed E-state index contributed by atoms with van der Waals surface area (Å²) in [5.74, 6) is 0.896. The Kier molecular flexibility index (Phi) is 6.65. The molecule has 0 aliphatic heterocycles. The molecule has 1 atom stereocenters. The van der Waals surface area contributed by atoms with Crippen LogP contribution in [0.4, 0.5) is 0 Å². The third-order valence-corrected chi connectivity index (χ3v) is 5.37. The summed E-state index contributed by atoms with van der Waals surface area (Å²) in [6.07, 6.45) is 9.27. The maximum absolute atomic E-state index is 6.66. The van der Waals surface area contributed by atoms with E-state index in [1.54, 1.807) is 0 Å². The molecule has 1 aliphatic carbocycles. The van der Waals surface area contributed by atoms with Gasteiger partial charge in [-0.15, -0.1) is 0 Å². The van der Waals surface area contributed by atoms with E-state index in [0.29, 0.717) is 6.04 Å². The zero-order valence-electron chi connectivity index (χ0n) is 13.0. The zero-order valence-corrected chi connectivity index (χ0v) is 13.0. The largest absolute Gasteiger partial charge is 0.326 e. The van der Waals surface area contributed by atoms with Crippen molar-refractivity contribution in [1.29, 1.82) is 0 Å². The van der Waals surface area contributed by atoms with Crippen molar-refractivity contribution in [2.24, 2.45) is 11.7 Å². The fraction of sp³-hybridized carbons (Fsp3) is 1.00. The Hall–Kier alpha value is -0.0800. The molecule has 0 radical (unpaired) electrons. The van der Waals surface area contributed by atoms with Crippen LogP contribution in [-0.2, 0) is 0 Å². The van der Waals surface area contributed by atoms with Gasteiger partial charge >= 0.3 is 0 Å². The maximum Gasteiger partial charge on any atom is 0.0355 e. The van der Waals surface area contributed by atoms with Crippen LogP contribution in [0.15, 0.2) is 0 Å². The van der Waals surface area contributed by atoms with Crippen LogP contribution < -0.4 is 5.73 Å². The van der Waals surface area contributed by atoms with Crippen LogP contribution in [0.5, 0.6) is 0 Å². The summed E-state index contributed by atoms with van der Waals surface area (Å²) < 4.78 is 0. The number of nitrogens with zero attached hydrogens (tertiary/aromatic N) is 1. The molecule has 108 valence electrons. The molecule has 18 heavy (non-hydrogen) atoms. The Morgan fingerprint density at radius 2 is 1.56 bits per heavy atom. The minimum absolute atomic E-state index is 0.228. The first-order valence-electron chi connectivity index (χ1n) is 8.15. The summed E-state index contributed by atoms with van der Waals surface area (Å²) in [5, 5.41) is 0. The minimum atomic E-state index is 0.228. The van der Waals surface area contributed by atoms with Crippen LogP contribution in [-0.4, -0.2) is 29.6 Å². The van der Waals surface area contributed by atoms with Crippen molar-refractivity contribution in [3.63, 3.8) is 0 Å². The fourth-order valence-electron chi connectivity index (χ4n) is 4.13. The third kappa shape index (κ3) is 3.27. The van der Waals surface area contributed by atoms with Gasteiger partial charge in [-0.3, -0.25) is 4.90 Å². The van der Waals surface area contributed by atoms with Crippen molar-refractivity contribution >= 4 is 0 Å². The predicted molar refractivity (Wildman–Crippen MR) is 80.8 cm³/mol. The average molecular weight is 254 g/mol. The normalized spacial score (nSPS) is 19.7. The molecule has 2 heteroatoms. The van der Waals surface area contributed by atoms with Crippen molar-refractivity contribution in [2.45, 2.75) is 84.2 Å². The smallest absolute Gasteiger partial charge is 0.0355 e. The van der Waals surface area contributed by atoms with E-state index in [9.17, 15) is 0 Å². The van der Waals surface area contributed by atoms with Gasteiger partial charge in [0.15, 0.2) is 0 Å². The molecule has 0 spiro atoms. The van der Waals surface area contributed by atoms with Crippen LogP contribution in [0.3, 0.4) is 0 Å². The lowest BCUT2D eigenvalue weighted by Gasteiger charge is -2.47. The molecule has 0 bridgehead atoms. The van der Waals surface area contributed by atoms with Gasteiger partial charge in [-0.05, 0) is 38.3 Å². The summed E-state index contributed by atoms with van der Waals surface area (Å²) >= 11 is 0. The molecule has 0 amide bonds. The number of hydrogen-bond donors (Lipinski definition) is 1. The Bertz CT molecular complexity index is 213. The van der Waals surface area contributed by atoms with Crippen molar-refractivity contribution in [1.82, 2.24) is 4.90 Å². The topological polar surface area (TPSA) is 29.3 Å². The molecule has 1 rings (SSSR count). The Labute approximate surface area is 114 Å². The van der Waals surface area contributed by atoms with Gasteiger partial charge in [0.25, 0.3) is 0 Å². The molecule has 2 nitrogen and oxygen atoms in total. The molecule has 1 saturated carbocycles. The molecule has 1 unspecified atom stereocenters. The average Bonchev–Trinajstić information content (AvgIpc) is 2.88.